The van der Waals surface area contributed by atoms with E-state index >= 15 is 0 Å². The van der Waals surface area contributed by atoms with Gasteiger partial charge >= 0.3 is 5.97 Å². The van der Waals surface area contributed by atoms with Crippen molar-refractivity contribution in [3.63, 3.8) is 0 Å². The molecule has 2 aromatic carbocycles. The van der Waals surface area contributed by atoms with E-state index in [2.05, 4.69) is 5.32 Å². The van der Waals surface area contributed by atoms with Gasteiger partial charge in [0.2, 0.25) is 0 Å². The van der Waals surface area contributed by atoms with Gasteiger partial charge in [-0.15, -0.1) is 0 Å². The number of carboxylic acid groups (broad SMARTS) is 1. The Morgan fingerprint density at radius 3 is 2.10 bits per heavy atom. The smallest absolute Gasteiger partial charge is 0.330 e. The summed E-state index contributed by atoms with van der Waals surface area (Å²) in [6, 6.07) is 12.9. The molecular weight excluding hydrogens is 258 g/mol. The van der Waals surface area contributed by atoms with Crippen LogP contribution in [0.2, 0.25) is 0 Å². The standard InChI is InChI=1S/C15H13NO4/c17-12-8-6-10(7-9-12)13(15(19)20)16-14(18)11-4-2-1-3-5-11/h1-9,13,17H,(H,16,18)(H,19,20)/t13-/m0/s1. The second kappa shape index (κ2) is 5.88. The van der Waals surface area contributed by atoms with Crippen LogP contribution in [0, 0.1) is 0 Å². The molecule has 1 amide bonds. The van der Waals surface area contributed by atoms with Crippen LogP contribution in [-0.4, -0.2) is 22.1 Å². The third-order valence-electron chi connectivity index (χ3n) is 2.78. The van der Waals surface area contributed by atoms with Crippen molar-refractivity contribution in [2.75, 3.05) is 0 Å². The fraction of sp³-hybridized carbons (Fsp3) is 0.0667. The molecule has 0 fully saturated rings. The van der Waals surface area contributed by atoms with Crippen molar-refractivity contribution in [1.29, 1.82) is 0 Å². The molecule has 0 aliphatic carbocycles. The van der Waals surface area contributed by atoms with Crippen molar-refractivity contribution in [3.8, 4) is 5.75 Å². The SMILES string of the molecule is O=C(N[C@H](C(=O)O)c1ccc(O)cc1)c1ccccc1. The monoisotopic (exact) mass is 271 g/mol. The van der Waals surface area contributed by atoms with Gasteiger partial charge in [-0.1, -0.05) is 30.3 Å². The zero-order valence-corrected chi connectivity index (χ0v) is 10.5. The molecule has 0 heterocycles. The van der Waals surface area contributed by atoms with E-state index in [0.29, 0.717) is 11.1 Å². The summed E-state index contributed by atoms with van der Waals surface area (Å²) in [6.07, 6.45) is 0. The Kier molecular flexibility index (Phi) is 4.00. The molecular formula is C15H13NO4. The van der Waals surface area contributed by atoms with Crippen molar-refractivity contribution < 1.29 is 19.8 Å². The largest absolute Gasteiger partial charge is 0.508 e. The summed E-state index contributed by atoms with van der Waals surface area (Å²) in [7, 11) is 0. The van der Waals surface area contributed by atoms with Crippen molar-refractivity contribution in [2.24, 2.45) is 0 Å². The van der Waals surface area contributed by atoms with Crippen LogP contribution < -0.4 is 5.32 Å². The van der Waals surface area contributed by atoms with Crippen molar-refractivity contribution in [2.45, 2.75) is 6.04 Å². The number of carboxylic acids is 1. The number of phenols is 1. The second-order valence-corrected chi connectivity index (χ2v) is 4.20. The lowest BCUT2D eigenvalue weighted by Crippen LogP contribution is -2.33. The highest BCUT2D eigenvalue weighted by atomic mass is 16.4. The average molecular weight is 271 g/mol. The number of hydrogen-bond donors (Lipinski definition) is 3. The first-order chi connectivity index (χ1) is 9.58. The molecule has 2 aromatic rings. The molecule has 0 aliphatic heterocycles. The lowest BCUT2D eigenvalue weighted by Gasteiger charge is -2.15. The first-order valence-corrected chi connectivity index (χ1v) is 5.95. The number of carbonyl (C=O) groups is 2. The topological polar surface area (TPSA) is 86.6 Å². The summed E-state index contributed by atoms with van der Waals surface area (Å²) in [4.78, 5) is 23.3. The molecule has 0 saturated carbocycles. The lowest BCUT2D eigenvalue weighted by molar-refractivity contribution is -0.139. The third kappa shape index (κ3) is 3.14. The van der Waals surface area contributed by atoms with Crippen LogP contribution in [0.4, 0.5) is 0 Å². The molecule has 5 heteroatoms. The van der Waals surface area contributed by atoms with E-state index in [1.54, 1.807) is 30.3 Å². The first-order valence-electron chi connectivity index (χ1n) is 5.95. The summed E-state index contributed by atoms with van der Waals surface area (Å²) in [5, 5.41) is 20.9. The number of rotatable bonds is 4. The zero-order chi connectivity index (χ0) is 14.5. The number of amides is 1. The zero-order valence-electron chi connectivity index (χ0n) is 10.5. The Morgan fingerprint density at radius 2 is 1.55 bits per heavy atom. The molecule has 0 bridgehead atoms. The van der Waals surface area contributed by atoms with Crippen molar-refractivity contribution >= 4 is 11.9 Å². The summed E-state index contributed by atoms with van der Waals surface area (Å²) >= 11 is 0. The molecule has 5 nitrogen and oxygen atoms in total. The quantitative estimate of drug-likeness (QED) is 0.793. The fourth-order valence-electron chi connectivity index (χ4n) is 1.76. The highest BCUT2D eigenvalue weighted by Gasteiger charge is 2.22. The van der Waals surface area contributed by atoms with E-state index < -0.39 is 17.9 Å². The molecule has 0 aromatic heterocycles. The molecule has 20 heavy (non-hydrogen) atoms. The predicted molar refractivity (Wildman–Crippen MR) is 72.4 cm³/mol. The van der Waals surface area contributed by atoms with Crippen LogP contribution >= 0.6 is 0 Å². The molecule has 0 spiro atoms. The number of nitrogens with one attached hydrogen (secondary N) is 1. The lowest BCUT2D eigenvalue weighted by atomic mass is 10.1. The summed E-state index contributed by atoms with van der Waals surface area (Å²) in [6.45, 7) is 0. The summed E-state index contributed by atoms with van der Waals surface area (Å²) in [5.74, 6) is -1.60. The van der Waals surface area contributed by atoms with Gasteiger partial charge in [-0.05, 0) is 29.8 Å². The minimum absolute atomic E-state index is 0.0345. The Hall–Kier alpha value is -2.82. The van der Waals surface area contributed by atoms with Crippen LogP contribution in [0.1, 0.15) is 22.0 Å². The molecule has 0 aliphatic rings. The Bertz CT molecular complexity index is 608. The molecule has 3 N–H and O–H groups in total. The molecule has 2 rings (SSSR count). The molecule has 0 unspecified atom stereocenters. The first kappa shape index (κ1) is 13.6. The summed E-state index contributed by atoms with van der Waals surface area (Å²) in [5.41, 5.74) is 0.775. The highest BCUT2D eigenvalue weighted by Crippen LogP contribution is 2.17. The maximum absolute atomic E-state index is 12.0. The highest BCUT2D eigenvalue weighted by molar-refractivity contribution is 5.96. The molecule has 0 saturated heterocycles. The van der Waals surface area contributed by atoms with E-state index in [9.17, 15) is 19.8 Å². The van der Waals surface area contributed by atoms with E-state index in [0.717, 1.165) is 0 Å². The van der Waals surface area contributed by atoms with Gasteiger partial charge in [0.1, 0.15) is 5.75 Å². The fourth-order valence-corrected chi connectivity index (χ4v) is 1.76. The van der Waals surface area contributed by atoms with Crippen LogP contribution in [0.5, 0.6) is 5.75 Å². The number of aliphatic carboxylic acids is 1. The minimum atomic E-state index is -1.17. The van der Waals surface area contributed by atoms with Crippen LogP contribution in [0.3, 0.4) is 0 Å². The average Bonchev–Trinajstić information content (AvgIpc) is 2.46. The van der Waals surface area contributed by atoms with Gasteiger partial charge in [-0.3, -0.25) is 4.79 Å². The van der Waals surface area contributed by atoms with Crippen LogP contribution in [0.25, 0.3) is 0 Å². The number of phenolic OH excluding ortho intramolecular Hbond substituents is 1. The Morgan fingerprint density at radius 1 is 0.950 bits per heavy atom. The van der Waals surface area contributed by atoms with E-state index in [1.165, 1.54) is 24.3 Å². The van der Waals surface area contributed by atoms with Gasteiger partial charge in [-0.25, -0.2) is 4.79 Å². The molecule has 0 radical (unpaired) electrons. The molecule has 102 valence electrons. The third-order valence-corrected chi connectivity index (χ3v) is 2.78. The van der Waals surface area contributed by atoms with Gasteiger partial charge in [0.25, 0.3) is 5.91 Å². The maximum atomic E-state index is 12.0. The van der Waals surface area contributed by atoms with Crippen LogP contribution in [0.15, 0.2) is 54.6 Å². The van der Waals surface area contributed by atoms with Gasteiger partial charge < -0.3 is 15.5 Å². The van der Waals surface area contributed by atoms with Gasteiger partial charge in [0.05, 0.1) is 0 Å². The second-order valence-electron chi connectivity index (χ2n) is 4.20. The van der Waals surface area contributed by atoms with Crippen LogP contribution in [-0.2, 0) is 4.79 Å². The summed E-state index contributed by atoms with van der Waals surface area (Å²) < 4.78 is 0. The number of carbonyl (C=O) groups excluding carboxylic acids is 1. The number of hydrogen-bond acceptors (Lipinski definition) is 3. The van der Waals surface area contributed by atoms with Gasteiger partial charge in [0.15, 0.2) is 6.04 Å². The Labute approximate surface area is 115 Å². The Balaban J connectivity index is 2.20. The van der Waals surface area contributed by atoms with Gasteiger partial charge in [-0.2, -0.15) is 0 Å². The molecule has 1 atom stereocenters. The number of aromatic hydroxyl groups is 1. The van der Waals surface area contributed by atoms with Gasteiger partial charge in [0, 0.05) is 5.56 Å². The minimum Gasteiger partial charge on any atom is -0.508 e. The van der Waals surface area contributed by atoms with Crippen molar-refractivity contribution in [1.82, 2.24) is 5.32 Å². The van der Waals surface area contributed by atoms with E-state index in [4.69, 9.17) is 0 Å². The normalized spacial score (nSPS) is 11.6. The van der Waals surface area contributed by atoms with E-state index in [1.807, 2.05) is 0 Å². The predicted octanol–water partition coefficient (Wildman–Crippen LogP) is 1.95. The van der Waals surface area contributed by atoms with E-state index in [-0.39, 0.29) is 5.75 Å². The maximum Gasteiger partial charge on any atom is 0.330 e. The van der Waals surface area contributed by atoms with Crippen molar-refractivity contribution in [3.05, 3.63) is 65.7 Å². The number of benzene rings is 2.